The van der Waals surface area contributed by atoms with Crippen LogP contribution in [-0.4, -0.2) is 44.7 Å². The van der Waals surface area contributed by atoms with Gasteiger partial charge < -0.3 is 10.6 Å². The Balaban J connectivity index is 1.62. The maximum atomic E-state index is 12.3. The molecular formula is C14H17F3N6O. The highest BCUT2D eigenvalue weighted by Gasteiger charge is 2.28. The molecule has 2 aromatic rings. The van der Waals surface area contributed by atoms with Gasteiger partial charge in [0.1, 0.15) is 6.54 Å². The lowest BCUT2D eigenvalue weighted by Crippen LogP contribution is -2.32. The minimum Gasteiger partial charge on any atom is -0.318 e. The predicted octanol–water partition coefficient (Wildman–Crippen LogP) is 1.82. The van der Waals surface area contributed by atoms with Crippen LogP contribution < -0.4 is 10.6 Å². The van der Waals surface area contributed by atoms with Gasteiger partial charge in [0.25, 0.3) is 5.91 Å². The number of amides is 1. The van der Waals surface area contributed by atoms with E-state index >= 15 is 0 Å². The van der Waals surface area contributed by atoms with Crippen molar-refractivity contribution < 1.29 is 18.0 Å². The van der Waals surface area contributed by atoms with E-state index in [1.165, 1.54) is 6.20 Å². The van der Waals surface area contributed by atoms with Gasteiger partial charge in [-0.3, -0.25) is 14.2 Å². The third kappa shape index (κ3) is 4.13. The van der Waals surface area contributed by atoms with E-state index in [0.29, 0.717) is 0 Å². The van der Waals surface area contributed by atoms with Gasteiger partial charge in [-0.15, -0.1) is 0 Å². The number of rotatable bonds is 4. The molecule has 130 valence electrons. The Kier molecular flexibility index (Phi) is 4.56. The van der Waals surface area contributed by atoms with Crippen molar-refractivity contribution in [2.24, 2.45) is 0 Å². The largest absolute Gasteiger partial charge is 0.408 e. The molecule has 3 heterocycles. The van der Waals surface area contributed by atoms with E-state index in [0.717, 1.165) is 36.8 Å². The lowest BCUT2D eigenvalue weighted by Gasteiger charge is -2.22. The predicted molar refractivity (Wildman–Crippen MR) is 79.6 cm³/mol. The first-order chi connectivity index (χ1) is 11.4. The summed E-state index contributed by atoms with van der Waals surface area (Å²) in [7, 11) is 0. The Morgan fingerprint density at radius 1 is 1.46 bits per heavy atom. The smallest absolute Gasteiger partial charge is 0.318 e. The molecule has 1 atom stereocenters. The molecule has 1 amide bonds. The number of hydrogen-bond donors (Lipinski definition) is 2. The maximum Gasteiger partial charge on any atom is 0.408 e. The van der Waals surface area contributed by atoms with E-state index in [9.17, 15) is 18.0 Å². The number of piperidine rings is 1. The van der Waals surface area contributed by atoms with E-state index in [-0.39, 0.29) is 17.4 Å². The zero-order valence-electron chi connectivity index (χ0n) is 12.8. The van der Waals surface area contributed by atoms with Crippen molar-refractivity contribution in [3.63, 3.8) is 0 Å². The fourth-order valence-corrected chi connectivity index (χ4v) is 2.62. The summed E-state index contributed by atoms with van der Waals surface area (Å²) >= 11 is 0. The summed E-state index contributed by atoms with van der Waals surface area (Å²) in [6.45, 7) is 0.576. The lowest BCUT2D eigenvalue weighted by molar-refractivity contribution is -0.142. The zero-order valence-corrected chi connectivity index (χ0v) is 12.8. The third-order valence-corrected chi connectivity index (χ3v) is 3.72. The second-order valence-corrected chi connectivity index (χ2v) is 5.68. The standard InChI is InChI=1S/C14H17F3N6O/c15-14(16,17)9-22-8-10(6-19-22)20-13(24)12-3-5-23(21-12)11-2-1-4-18-7-11/h3,5-6,8,11,18H,1-2,4,7,9H2,(H,20,24). The van der Waals surface area contributed by atoms with Crippen LogP contribution in [0.5, 0.6) is 0 Å². The maximum absolute atomic E-state index is 12.3. The molecule has 1 saturated heterocycles. The quantitative estimate of drug-likeness (QED) is 0.889. The Morgan fingerprint density at radius 3 is 3.00 bits per heavy atom. The molecule has 1 fully saturated rings. The van der Waals surface area contributed by atoms with Crippen molar-refractivity contribution in [1.82, 2.24) is 24.9 Å². The first kappa shape index (κ1) is 16.5. The van der Waals surface area contributed by atoms with Crippen LogP contribution in [-0.2, 0) is 6.54 Å². The first-order valence-corrected chi connectivity index (χ1v) is 7.57. The summed E-state index contributed by atoms with van der Waals surface area (Å²) in [5.74, 6) is -0.482. The molecule has 0 aromatic carbocycles. The molecule has 7 nitrogen and oxygen atoms in total. The molecule has 1 aliphatic heterocycles. The molecule has 2 aromatic heterocycles. The van der Waals surface area contributed by atoms with Crippen LogP contribution in [0.25, 0.3) is 0 Å². The lowest BCUT2D eigenvalue weighted by atomic mass is 10.1. The van der Waals surface area contributed by atoms with Gasteiger partial charge in [0.2, 0.25) is 0 Å². The topological polar surface area (TPSA) is 76.8 Å². The van der Waals surface area contributed by atoms with Crippen molar-refractivity contribution in [3.8, 4) is 0 Å². The fourth-order valence-electron chi connectivity index (χ4n) is 2.62. The summed E-state index contributed by atoms with van der Waals surface area (Å²) in [6.07, 6.45) is 1.71. The summed E-state index contributed by atoms with van der Waals surface area (Å²) in [5, 5.41) is 13.6. The van der Waals surface area contributed by atoms with Gasteiger partial charge in [0, 0.05) is 18.9 Å². The molecule has 0 bridgehead atoms. The molecule has 0 saturated carbocycles. The third-order valence-electron chi connectivity index (χ3n) is 3.72. The SMILES string of the molecule is O=C(Nc1cnn(CC(F)(F)F)c1)c1ccn(C2CCCNC2)n1. The van der Waals surface area contributed by atoms with Gasteiger partial charge in [0.05, 0.1) is 17.9 Å². The van der Waals surface area contributed by atoms with Crippen LogP contribution in [0.4, 0.5) is 18.9 Å². The van der Waals surface area contributed by atoms with Crippen LogP contribution in [0.1, 0.15) is 29.4 Å². The number of carbonyl (C=O) groups is 1. The normalized spacial score (nSPS) is 18.5. The molecule has 3 rings (SSSR count). The minimum absolute atomic E-state index is 0.193. The first-order valence-electron chi connectivity index (χ1n) is 7.57. The zero-order chi connectivity index (χ0) is 17.2. The fraction of sp³-hybridized carbons (Fsp3) is 0.500. The van der Waals surface area contributed by atoms with Crippen molar-refractivity contribution in [2.45, 2.75) is 31.6 Å². The Hall–Kier alpha value is -2.36. The Labute approximate surface area is 135 Å². The van der Waals surface area contributed by atoms with Crippen molar-refractivity contribution >= 4 is 11.6 Å². The Morgan fingerprint density at radius 2 is 2.29 bits per heavy atom. The number of nitrogens with one attached hydrogen (secondary N) is 2. The average molecular weight is 342 g/mol. The minimum atomic E-state index is -4.36. The van der Waals surface area contributed by atoms with Crippen LogP contribution >= 0.6 is 0 Å². The molecule has 0 spiro atoms. The highest BCUT2D eigenvalue weighted by Crippen LogP contribution is 2.19. The van der Waals surface area contributed by atoms with Crippen LogP contribution in [0.15, 0.2) is 24.7 Å². The van der Waals surface area contributed by atoms with Gasteiger partial charge in [-0.1, -0.05) is 0 Å². The van der Waals surface area contributed by atoms with Gasteiger partial charge in [-0.2, -0.15) is 23.4 Å². The summed E-state index contributed by atoms with van der Waals surface area (Å²) in [6, 6.07) is 1.79. The molecule has 1 aliphatic rings. The van der Waals surface area contributed by atoms with Gasteiger partial charge in [0.15, 0.2) is 5.69 Å². The number of alkyl halides is 3. The van der Waals surface area contributed by atoms with Crippen molar-refractivity contribution in [2.75, 3.05) is 18.4 Å². The summed E-state index contributed by atoms with van der Waals surface area (Å²) < 4.78 is 39.3. The summed E-state index contributed by atoms with van der Waals surface area (Å²) in [5.41, 5.74) is 0.405. The monoisotopic (exact) mass is 342 g/mol. The van der Waals surface area contributed by atoms with Gasteiger partial charge in [-0.05, 0) is 25.5 Å². The number of anilines is 1. The van der Waals surface area contributed by atoms with E-state index < -0.39 is 18.6 Å². The van der Waals surface area contributed by atoms with Gasteiger partial charge >= 0.3 is 6.18 Å². The van der Waals surface area contributed by atoms with Crippen LogP contribution in [0, 0.1) is 0 Å². The highest BCUT2D eigenvalue weighted by molar-refractivity contribution is 6.02. The average Bonchev–Trinajstić information content (AvgIpc) is 3.16. The second kappa shape index (κ2) is 6.63. The number of halogens is 3. The van der Waals surface area contributed by atoms with Crippen molar-refractivity contribution in [1.29, 1.82) is 0 Å². The molecule has 1 unspecified atom stereocenters. The van der Waals surface area contributed by atoms with E-state index in [2.05, 4.69) is 20.8 Å². The van der Waals surface area contributed by atoms with Crippen LogP contribution in [0.2, 0.25) is 0 Å². The number of aromatic nitrogens is 4. The van der Waals surface area contributed by atoms with E-state index in [1.54, 1.807) is 16.9 Å². The Bertz CT molecular complexity index is 701. The van der Waals surface area contributed by atoms with Gasteiger partial charge in [-0.25, -0.2) is 0 Å². The van der Waals surface area contributed by atoms with Crippen molar-refractivity contribution in [3.05, 3.63) is 30.4 Å². The van der Waals surface area contributed by atoms with E-state index in [4.69, 9.17) is 0 Å². The molecule has 10 heteroatoms. The molecular weight excluding hydrogens is 325 g/mol. The number of hydrogen-bond acceptors (Lipinski definition) is 4. The molecule has 0 aliphatic carbocycles. The van der Waals surface area contributed by atoms with E-state index in [1.807, 2.05) is 0 Å². The number of carbonyl (C=O) groups excluding carboxylic acids is 1. The molecule has 0 radical (unpaired) electrons. The highest BCUT2D eigenvalue weighted by atomic mass is 19.4. The summed E-state index contributed by atoms with van der Waals surface area (Å²) in [4.78, 5) is 12.1. The van der Waals surface area contributed by atoms with Crippen LogP contribution in [0.3, 0.4) is 0 Å². The number of nitrogens with zero attached hydrogens (tertiary/aromatic N) is 4. The molecule has 2 N–H and O–H groups in total. The molecule has 24 heavy (non-hydrogen) atoms. The second-order valence-electron chi connectivity index (χ2n) is 5.68.